The lowest BCUT2D eigenvalue weighted by Gasteiger charge is -2.36. The minimum Gasteiger partial charge on any atom is -0.481 e. The summed E-state index contributed by atoms with van der Waals surface area (Å²) in [7, 11) is 0. The van der Waals surface area contributed by atoms with E-state index in [9.17, 15) is 19.5 Å². The van der Waals surface area contributed by atoms with Crippen LogP contribution in [0.5, 0.6) is 0 Å². The summed E-state index contributed by atoms with van der Waals surface area (Å²) < 4.78 is 1.43. The number of carboxylic acid groups (broad SMARTS) is 1. The van der Waals surface area contributed by atoms with Gasteiger partial charge in [-0.25, -0.2) is 4.98 Å². The number of carboxylic acids is 1. The van der Waals surface area contributed by atoms with Gasteiger partial charge in [-0.2, -0.15) is 0 Å². The number of amides is 1. The van der Waals surface area contributed by atoms with Crippen molar-refractivity contribution in [2.75, 3.05) is 6.54 Å². The maximum absolute atomic E-state index is 12.5. The van der Waals surface area contributed by atoms with Gasteiger partial charge in [0, 0.05) is 25.6 Å². The number of hydrogen-bond acceptors (Lipinski definition) is 4. The molecular weight excluding hydrogens is 322 g/mol. The molecule has 0 aliphatic carbocycles. The van der Waals surface area contributed by atoms with Crippen LogP contribution in [0, 0.1) is 5.92 Å². The number of piperidine rings is 1. The molecule has 7 nitrogen and oxygen atoms in total. The smallest absolute Gasteiger partial charge is 0.308 e. The molecule has 1 amide bonds. The molecule has 7 heteroatoms. The highest BCUT2D eigenvalue weighted by Gasteiger charge is 2.32. The Morgan fingerprint density at radius 3 is 2.80 bits per heavy atom. The number of rotatable bonds is 4. The molecule has 0 bridgehead atoms. The highest BCUT2D eigenvalue weighted by molar-refractivity contribution is 5.79. The van der Waals surface area contributed by atoms with E-state index >= 15 is 0 Å². The lowest BCUT2D eigenvalue weighted by molar-refractivity contribution is -0.147. The Balaban J connectivity index is 1.70. The monoisotopic (exact) mass is 343 g/mol. The fraction of sp³-hybridized carbons (Fsp3) is 0.444. The van der Waals surface area contributed by atoms with Gasteiger partial charge >= 0.3 is 5.97 Å². The quantitative estimate of drug-likeness (QED) is 0.908. The maximum atomic E-state index is 12.5. The van der Waals surface area contributed by atoms with Crippen molar-refractivity contribution in [2.24, 2.45) is 5.92 Å². The molecular formula is C18H21N3O4. The SMILES string of the molecule is CC1CCC(C(=O)O)CN1C(=O)CCn1cnc2ccccc2c1=O. The van der Waals surface area contributed by atoms with Crippen LogP contribution in [0.4, 0.5) is 0 Å². The Morgan fingerprint density at radius 2 is 2.04 bits per heavy atom. The van der Waals surface area contributed by atoms with E-state index in [2.05, 4.69) is 4.98 Å². The average Bonchev–Trinajstić information content (AvgIpc) is 2.61. The summed E-state index contributed by atoms with van der Waals surface area (Å²) in [6.07, 6.45) is 2.88. The minimum absolute atomic E-state index is 0.0227. The second kappa shape index (κ2) is 7.04. The van der Waals surface area contributed by atoms with Crippen LogP contribution >= 0.6 is 0 Å². The number of fused-ring (bicyclic) bond motifs is 1. The summed E-state index contributed by atoms with van der Waals surface area (Å²) in [5, 5.41) is 9.70. The maximum Gasteiger partial charge on any atom is 0.308 e. The van der Waals surface area contributed by atoms with Crippen molar-refractivity contribution in [1.29, 1.82) is 0 Å². The van der Waals surface area contributed by atoms with Crippen LogP contribution in [-0.4, -0.2) is 44.0 Å². The average molecular weight is 343 g/mol. The molecule has 2 heterocycles. The molecule has 2 unspecified atom stereocenters. The number of likely N-dealkylation sites (tertiary alicyclic amines) is 1. The number of aromatic nitrogens is 2. The van der Waals surface area contributed by atoms with Gasteiger partial charge in [0.15, 0.2) is 0 Å². The van der Waals surface area contributed by atoms with Crippen molar-refractivity contribution in [3.05, 3.63) is 40.9 Å². The van der Waals surface area contributed by atoms with Gasteiger partial charge in [0.2, 0.25) is 5.91 Å². The highest BCUT2D eigenvalue weighted by atomic mass is 16.4. The second-order valence-electron chi connectivity index (χ2n) is 6.52. The normalized spacial score (nSPS) is 20.6. The molecule has 0 spiro atoms. The van der Waals surface area contributed by atoms with Gasteiger partial charge in [-0.1, -0.05) is 12.1 Å². The molecule has 25 heavy (non-hydrogen) atoms. The molecule has 1 aromatic carbocycles. The lowest BCUT2D eigenvalue weighted by atomic mass is 9.93. The Labute approximate surface area is 144 Å². The number of aliphatic carboxylic acids is 1. The van der Waals surface area contributed by atoms with Gasteiger partial charge < -0.3 is 10.0 Å². The van der Waals surface area contributed by atoms with Gasteiger partial charge in [0.25, 0.3) is 5.56 Å². The molecule has 1 saturated heterocycles. The van der Waals surface area contributed by atoms with E-state index in [-0.39, 0.29) is 37.0 Å². The highest BCUT2D eigenvalue weighted by Crippen LogP contribution is 2.22. The van der Waals surface area contributed by atoms with Gasteiger partial charge in [0.1, 0.15) is 0 Å². The van der Waals surface area contributed by atoms with Crippen LogP contribution < -0.4 is 5.56 Å². The van der Waals surface area contributed by atoms with Gasteiger partial charge in [-0.15, -0.1) is 0 Å². The van der Waals surface area contributed by atoms with Gasteiger partial charge in [0.05, 0.1) is 23.1 Å². The lowest BCUT2D eigenvalue weighted by Crippen LogP contribution is -2.47. The third-order valence-corrected chi connectivity index (χ3v) is 4.85. The molecule has 0 saturated carbocycles. The summed E-state index contributed by atoms with van der Waals surface area (Å²) in [4.78, 5) is 42.0. The fourth-order valence-electron chi connectivity index (χ4n) is 3.28. The first-order valence-corrected chi connectivity index (χ1v) is 8.44. The molecule has 132 valence electrons. The van der Waals surface area contributed by atoms with E-state index in [1.807, 2.05) is 13.0 Å². The molecule has 2 atom stereocenters. The first-order chi connectivity index (χ1) is 12.0. The van der Waals surface area contributed by atoms with Gasteiger partial charge in [-0.3, -0.25) is 19.0 Å². The van der Waals surface area contributed by atoms with Gasteiger partial charge in [-0.05, 0) is 31.9 Å². The van der Waals surface area contributed by atoms with Crippen LogP contribution in [0.2, 0.25) is 0 Å². The van der Waals surface area contributed by atoms with Crippen molar-refractivity contribution in [1.82, 2.24) is 14.5 Å². The Bertz CT molecular complexity index is 861. The third-order valence-electron chi connectivity index (χ3n) is 4.85. The molecule has 0 radical (unpaired) electrons. The second-order valence-corrected chi connectivity index (χ2v) is 6.52. The largest absolute Gasteiger partial charge is 0.481 e. The number of hydrogen-bond donors (Lipinski definition) is 1. The molecule has 1 aliphatic rings. The zero-order chi connectivity index (χ0) is 18.0. The van der Waals surface area contributed by atoms with E-state index in [4.69, 9.17) is 0 Å². The van der Waals surface area contributed by atoms with Crippen LogP contribution in [-0.2, 0) is 16.1 Å². The van der Waals surface area contributed by atoms with E-state index in [1.54, 1.807) is 23.1 Å². The number of nitrogens with zero attached hydrogens (tertiary/aromatic N) is 3. The number of carbonyl (C=O) groups is 2. The Kier molecular flexibility index (Phi) is 4.83. The summed E-state index contributed by atoms with van der Waals surface area (Å²) in [6, 6.07) is 7.11. The topological polar surface area (TPSA) is 92.5 Å². The molecule has 1 aliphatic heterocycles. The zero-order valence-corrected chi connectivity index (χ0v) is 14.1. The first kappa shape index (κ1) is 17.1. The number of carbonyl (C=O) groups excluding carboxylic acids is 1. The minimum atomic E-state index is -0.861. The predicted octanol–water partition coefficient (Wildman–Crippen LogP) is 1.50. The number of para-hydroxylation sites is 1. The number of aryl methyl sites for hydroxylation is 1. The molecule has 1 N–H and O–H groups in total. The van der Waals surface area contributed by atoms with E-state index in [0.717, 1.165) is 0 Å². The van der Waals surface area contributed by atoms with E-state index in [1.165, 1.54) is 10.9 Å². The number of benzene rings is 1. The Morgan fingerprint density at radius 1 is 1.28 bits per heavy atom. The van der Waals surface area contributed by atoms with Crippen molar-refractivity contribution in [3.8, 4) is 0 Å². The summed E-state index contributed by atoms with van der Waals surface area (Å²) in [5.74, 6) is -1.50. The van der Waals surface area contributed by atoms with Crippen molar-refractivity contribution >= 4 is 22.8 Å². The van der Waals surface area contributed by atoms with Crippen LogP contribution in [0.25, 0.3) is 10.9 Å². The molecule has 1 fully saturated rings. The predicted molar refractivity (Wildman–Crippen MR) is 92.2 cm³/mol. The summed E-state index contributed by atoms with van der Waals surface area (Å²) in [5.41, 5.74) is 0.456. The van der Waals surface area contributed by atoms with E-state index in [0.29, 0.717) is 23.7 Å². The van der Waals surface area contributed by atoms with Crippen molar-refractivity contribution < 1.29 is 14.7 Å². The van der Waals surface area contributed by atoms with Crippen LogP contribution in [0.15, 0.2) is 35.4 Å². The zero-order valence-electron chi connectivity index (χ0n) is 14.1. The fourth-order valence-corrected chi connectivity index (χ4v) is 3.28. The van der Waals surface area contributed by atoms with Crippen LogP contribution in [0.3, 0.4) is 0 Å². The molecule has 3 rings (SSSR count). The summed E-state index contributed by atoms with van der Waals surface area (Å²) >= 11 is 0. The standard InChI is InChI=1S/C18H21N3O4/c1-12-6-7-13(18(24)25)10-21(12)16(22)8-9-20-11-19-15-5-3-2-4-14(15)17(20)23/h2-5,11-13H,6-10H2,1H3,(H,24,25). The summed E-state index contributed by atoms with van der Waals surface area (Å²) in [6.45, 7) is 2.40. The van der Waals surface area contributed by atoms with Crippen LogP contribution in [0.1, 0.15) is 26.2 Å². The van der Waals surface area contributed by atoms with E-state index < -0.39 is 11.9 Å². The Hall–Kier alpha value is -2.70. The van der Waals surface area contributed by atoms with Crippen molar-refractivity contribution in [3.63, 3.8) is 0 Å². The first-order valence-electron chi connectivity index (χ1n) is 8.44. The van der Waals surface area contributed by atoms with Crippen molar-refractivity contribution in [2.45, 2.75) is 38.8 Å². The molecule has 2 aromatic rings. The molecule has 1 aromatic heterocycles. The third kappa shape index (κ3) is 3.55.